The third-order valence-electron chi connectivity index (χ3n) is 5.09. The normalized spacial score (nSPS) is 15.2. The Balaban J connectivity index is 1.57. The maximum Gasteiger partial charge on any atom is 0.129 e. The summed E-state index contributed by atoms with van der Waals surface area (Å²) < 4.78 is 0. The lowest BCUT2D eigenvalue weighted by atomic mass is 9.98. The lowest BCUT2D eigenvalue weighted by Gasteiger charge is -2.26. The molecule has 1 aliphatic heterocycles. The van der Waals surface area contributed by atoms with Crippen molar-refractivity contribution in [1.82, 2.24) is 9.88 Å². The Kier molecular flexibility index (Phi) is 6.28. The van der Waals surface area contributed by atoms with Crippen molar-refractivity contribution in [3.63, 3.8) is 0 Å². The molecular weight excluding hydrogens is 328 g/mol. The van der Waals surface area contributed by atoms with Gasteiger partial charge >= 0.3 is 0 Å². The molecule has 2 aromatic rings. The standard InChI is InChI=1S/C22H27ClN2/c1-3-18-9-8-17(16-19(18)4-2)10-13-25-14-11-20(12-15-25)21-6-5-7-22(23)24-21/h5-9,11,16H,3-4,10,12-15H2,1-2H3. The lowest BCUT2D eigenvalue weighted by Crippen LogP contribution is -2.30. The first-order chi connectivity index (χ1) is 12.2. The average molecular weight is 355 g/mol. The highest BCUT2D eigenvalue weighted by atomic mass is 35.5. The van der Waals surface area contributed by atoms with Crippen LogP contribution in [0.2, 0.25) is 5.15 Å². The van der Waals surface area contributed by atoms with E-state index in [4.69, 9.17) is 11.6 Å². The molecule has 0 N–H and O–H groups in total. The van der Waals surface area contributed by atoms with Crippen LogP contribution in [-0.2, 0) is 19.3 Å². The first-order valence-electron chi connectivity index (χ1n) is 9.34. The minimum absolute atomic E-state index is 0.572. The molecule has 0 bridgehead atoms. The molecule has 0 amide bonds. The molecule has 0 saturated heterocycles. The van der Waals surface area contributed by atoms with Crippen molar-refractivity contribution in [3.05, 3.63) is 70.0 Å². The molecule has 0 aliphatic carbocycles. The lowest BCUT2D eigenvalue weighted by molar-refractivity contribution is 0.305. The van der Waals surface area contributed by atoms with Crippen LogP contribution in [0.15, 0.2) is 42.5 Å². The molecule has 2 nitrogen and oxygen atoms in total. The van der Waals surface area contributed by atoms with E-state index < -0.39 is 0 Å². The van der Waals surface area contributed by atoms with Crippen LogP contribution in [0.4, 0.5) is 0 Å². The zero-order valence-corrected chi connectivity index (χ0v) is 16.0. The molecule has 0 saturated carbocycles. The Morgan fingerprint density at radius 3 is 2.60 bits per heavy atom. The highest BCUT2D eigenvalue weighted by molar-refractivity contribution is 6.29. The predicted molar refractivity (Wildman–Crippen MR) is 107 cm³/mol. The molecule has 3 rings (SSSR count). The highest BCUT2D eigenvalue weighted by Gasteiger charge is 2.14. The summed E-state index contributed by atoms with van der Waals surface area (Å²) in [5, 5.41) is 0.572. The van der Waals surface area contributed by atoms with E-state index in [0.29, 0.717) is 5.15 Å². The zero-order valence-electron chi connectivity index (χ0n) is 15.3. The predicted octanol–water partition coefficient (Wildman–Crippen LogP) is 5.19. The van der Waals surface area contributed by atoms with Gasteiger partial charge in [0, 0.05) is 19.6 Å². The number of nitrogens with zero attached hydrogens (tertiary/aromatic N) is 2. The topological polar surface area (TPSA) is 16.1 Å². The van der Waals surface area contributed by atoms with E-state index in [1.807, 2.05) is 12.1 Å². The van der Waals surface area contributed by atoms with E-state index in [1.165, 1.54) is 22.3 Å². The van der Waals surface area contributed by atoms with E-state index in [9.17, 15) is 0 Å². The van der Waals surface area contributed by atoms with Crippen molar-refractivity contribution in [2.24, 2.45) is 0 Å². The second-order valence-corrected chi connectivity index (χ2v) is 7.07. The fourth-order valence-corrected chi connectivity index (χ4v) is 3.69. The van der Waals surface area contributed by atoms with Gasteiger partial charge in [-0.1, -0.05) is 55.8 Å². The van der Waals surface area contributed by atoms with Gasteiger partial charge in [0.25, 0.3) is 0 Å². The van der Waals surface area contributed by atoms with Crippen LogP contribution in [-0.4, -0.2) is 29.5 Å². The fraction of sp³-hybridized carbons (Fsp3) is 0.409. The van der Waals surface area contributed by atoms with E-state index in [-0.39, 0.29) is 0 Å². The van der Waals surface area contributed by atoms with Crippen molar-refractivity contribution in [1.29, 1.82) is 0 Å². The van der Waals surface area contributed by atoms with E-state index in [0.717, 1.165) is 51.0 Å². The minimum atomic E-state index is 0.572. The summed E-state index contributed by atoms with van der Waals surface area (Å²) in [6, 6.07) is 12.9. The van der Waals surface area contributed by atoms with E-state index >= 15 is 0 Å². The molecule has 1 aliphatic rings. The minimum Gasteiger partial charge on any atom is -0.299 e. The second-order valence-electron chi connectivity index (χ2n) is 6.69. The highest BCUT2D eigenvalue weighted by Crippen LogP contribution is 2.22. The smallest absolute Gasteiger partial charge is 0.129 e. The number of benzene rings is 1. The summed E-state index contributed by atoms with van der Waals surface area (Å²) in [4.78, 5) is 6.95. The molecule has 3 heteroatoms. The molecule has 2 heterocycles. The van der Waals surface area contributed by atoms with Gasteiger partial charge in [-0.15, -0.1) is 0 Å². The summed E-state index contributed by atoms with van der Waals surface area (Å²) in [6.45, 7) is 7.69. The molecule has 0 fully saturated rings. The van der Waals surface area contributed by atoms with Crippen LogP contribution in [0, 0.1) is 0 Å². The van der Waals surface area contributed by atoms with Crippen molar-refractivity contribution >= 4 is 17.2 Å². The summed E-state index contributed by atoms with van der Waals surface area (Å²) in [5.41, 5.74) is 6.80. The summed E-state index contributed by atoms with van der Waals surface area (Å²) in [5.74, 6) is 0. The fourth-order valence-electron chi connectivity index (χ4n) is 3.53. The first-order valence-corrected chi connectivity index (χ1v) is 9.72. The summed E-state index contributed by atoms with van der Waals surface area (Å²) >= 11 is 6.01. The van der Waals surface area contributed by atoms with Crippen molar-refractivity contribution in [3.8, 4) is 0 Å². The maximum atomic E-state index is 6.01. The van der Waals surface area contributed by atoms with Crippen LogP contribution >= 0.6 is 11.6 Å². The Bertz CT molecular complexity index is 751. The number of hydrogen-bond donors (Lipinski definition) is 0. The van der Waals surface area contributed by atoms with Gasteiger partial charge in [0.15, 0.2) is 0 Å². The third-order valence-corrected chi connectivity index (χ3v) is 5.30. The van der Waals surface area contributed by atoms with Gasteiger partial charge in [-0.25, -0.2) is 4.98 Å². The molecule has 0 spiro atoms. The largest absolute Gasteiger partial charge is 0.299 e. The van der Waals surface area contributed by atoms with Crippen LogP contribution in [0.3, 0.4) is 0 Å². The molecular formula is C22H27ClN2. The van der Waals surface area contributed by atoms with E-state index in [1.54, 1.807) is 0 Å². The quantitative estimate of drug-likeness (QED) is 0.663. The van der Waals surface area contributed by atoms with Crippen LogP contribution in [0.5, 0.6) is 0 Å². The van der Waals surface area contributed by atoms with Gasteiger partial charge in [0.2, 0.25) is 0 Å². The van der Waals surface area contributed by atoms with Crippen LogP contribution in [0.1, 0.15) is 42.7 Å². The van der Waals surface area contributed by atoms with Gasteiger partial charge in [-0.2, -0.15) is 0 Å². The van der Waals surface area contributed by atoms with E-state index in [2.05, 4.69) is 54.1 Å². The van der Waals surface area contributed by atoms with Crippen molar-refractivity contribution in [2.75, 3.05) is 19.6 Å². The Hall–Kier alpha value is -1.64. The molecule has 132 valence electrons. The summed E-state index contributed by atoms with van der Waals surface area (Å²) in [6.07, 6.45) is 6.72. The maximum absolute atomic E-state index is 6.01. The van der Waals surface area contributed by atoms with Gasteiger partial charge in [0.05, 0.1) is 5.69 Å². The number of aromatic nitrogens is 1. The first kappa shape index (κ1) is 18.2. The number of pyridine rings is 1. The molecule has 1 aromatic carbocycles. The van der Waals surface area contributed by atoms with Gasteiger partial charge in [0.1, 0.15) is 5.15 Å². The molecule has 25 heavy (non-hydrogen) atoms. The Labute approximate surface area is 156 Å². The van der Waals surface area contributed by atoms with Gasteiger partial charge in [-0.05, 0) is 60.1 Å². The second kappa shape index (κ2) is 8.64. The van der Waals surface area contributed by atoms with Gasteiger partial charge in [-0.3, -0.25) is 4.90 Å². The number of rotatable bonds is 6. The monoisotopic (exact) mass is 354 g/mol. The molecule has 1 aromatic heterocycles. The number of aryl methyl sites for hydroxylation is 2. The Morgan fingerprint density at radius 2 is 1.92 bits per heavy atom. The third kappa shape index (κ3) is 4.71. The zero-order chi connectivity index (χ0) is 17.6. The van der Waals surface area contributed by atoms with Gasteiger partial charge < -0.3 is 0 Å². The molecule has 0 radical (unpaired) electrons. The number of halogens is 1. The SMILES string of the molecule is CCc1ccc(CCN2CC=C(c3cccc(Cl)n3)CC2)cc1CC. The average Bonchev–Trinajstić information content (AvgIpc) is 2.66. The van der Waals surface area contributed by atoms with Crippen molar-refractivity contribution < 1.29 is 0 Å². The van der Waals surface area contributed by atoms with Crippen LogP contribution in [0.25, 0.3) is 5.57 Å². The molecule has 0 atom stereocenters. The van der Waals surface area contributed by atoms with Crippen LogP contribution < -0.4 is 0 Å². The number of hydrogen-bond acceptors (Lipinski definition) is 2. The molecule has 0 unspecified atom stereocenters. The van der Waals surface area contributed by atoms with Crippen molar-refractivity contribution in [2.45, 2.75) is 39.5 Å². The Morgan fingerprint density at radius 1 is 1.08 bits per heavy atom. The summed E-state index contributed by atoms with van der Waals surface area (Å²) in [7, 11) is 0.